The summed E-state index contributed by atoms with van der Waals surface area (Å²) in [5, 5.41) is 3.48. The summed E-state index contributed by atoms with van der Waals surface area (Å²) in [5.74, 6) is 0.739. The highest BCUT2D eigenvalue weighted by Crippen LogP contribution is 2.27. The van der Waals surface area contributed by atoms with Gasteiger partial charge in [0.2, 0.25) is 5.91 Å². The molecular weight excluding hydrogens is 324 g/mol. The number of amides is 1. The van der Waals surface area contributed by atoms with Crippen LogP contribution in [0.2, 0.25) is 5.02 Å². The Morgan fingerprint density at radius 2 is 1.88 bits per heavy atom. The number of halogens is 1. The molecule has 0 aliphatic rings. The summed E-state index contributed by atoms with van der Waals surface area (Å²) in [6, 6.07) is 11.7. The van der Waals surface area contributed by atoms with Crippen LogP contribution < -0.4 is 10.1 Å². The lowest BCUT2D eigenvalue weighted by atomic mass is 10.1. The van der Waals surface area contributed by atoms with Crippen molar-refractivity contribution in [2.24, 2.45) is 0 Å². The fraction of sp³-hybridized carbons (Fsp3) is 0.316. The van der Waals surface area contributed by atoms with Gasteiger partial charge in [0.25, 0.3) is 0 Å². The number of methoxy groups -OCH3 is 1. The van der Waals surface area contributed by atoms with Gasteiger partial charge in [0.1, 0.15) is 5.75 Å². The van der Waals surface area contributed by atoms with E-state index < -0.39 is 0 Å². The summed E-state index contributed by atoms with van der Waals surface area (Å²) < 4.78 is 5.15. The van der Waals surface area contributed by atoms with E-state index in [1.54, 1.807) is 7.11 Å². The molecule has 0 unspecified atom stereocenters. The Morgan fingerprint density at radius 3 is 2.46 bits per heavy atom. The molecule has 4 nitrogen and oxygen atoms in total. The van der Waals surface area contributed by atoms with Gasteiger partial charge in [0.05, 0.1) is 24.4 Å². The van der Waals surface area contributed by atoms with Crippen molar-refractivity contribution in [1.29, 1.82) is 0 Å². The van der Waals surface area contributed by atoms with Crippen molar-refractivity contribution in [3.05, 3.63) is 58.1 Å². The second-order valence-electron chi connectivity index (χ2n) is 6.01. The number of anilines is 1. The number of nitrogens with zero attached hydrogens (tertiary/aromatic N) is 1. The molecule has 0 aliphatic heterocycles. The molecule has 2 rings (SSSR count). The standard InChI is InChI=1S/C19H23ClN2O2/c1-13-9-14(2)19(17(20)10-13)21-18(23)12-22(3)11-15-5-7-16(24-4)8-6-15/h5-10H,11-12H2,1-4H3,(H,21,23). The molecular formula is C19H23ClN2O2. The van der Waals surface area contributed by atoms with Crippen LogP contribution in [0, 0.1) is 13.8 Å². The first-order valence-corrected chi connectivity index (χ1v) is 8.15. The third-order valence-electron chi connectivity index (χ3n) is 3.72. The van der Waals surface area contributed by atoms with Crippen LogP contribution in [-0.4, -0.2) is 31.5 Å². The summed E-state index contributed by atoms with van der Waals surface area (Å²) in [6.45, 7) is 4.89. The van der Waals surface area contributed by atoms with Gasteiger partial charge in [0.15, 0.2) is 0 Å². The molecule has 0 saturated heterocycles. The molecule has 0 aliphatic carbocycles. The van der Waals surface area contributed by atoms with Gasteiger partial charge in [-0.25, -0.2) is 0 Å². The normalized spacial score (nSPS) is 10.8. The van der Waals surface area contributed by atoms with Crippen molar-refractivity contribution in [2.75, 3.05) is 26.0 Å². The van der Waals surface area contributed by atoms with Gasteiger partial charge in [0, 0.05) is 6.54 Å². The lowest BCUT2D eigenvalue weighted by molar-refractivity contribution is -0.117. The van der Waals surface area contributed by atoms with E-state index in [0.717, 1.165) is 22.4 Å². The Hall–Kier alpha value is -2.04. The van der Waals surface area contributed by atoms with Gasteiger partial charge in [-0.2, -0.15) is 0 Å². The SMILES string of the molecule is COc1ccc(CN(C)CC(=O)Nc2c(C)cc(C)cc2Cl)cc1. The predicted molar refractivity (Wildman–Crippen MR) is 98.9 cm³/mol. The van der Waals surface area contributed by atoms with Crippen LogP contribution in [0.15, 0.2) is 36.4 Å². The maximum atomic E-state index is 12.3. The van der Waals surface area contributed by atoms with E-state index in [9.17, 15) is 4.79 Å². The lowest BCUT2D eigenvalue weighted by Crippen LogP contribution is -2.30. The summed E-state index contributed by atoms with van der Waals surface area (Å²) in [6.07, 6.45) is 0. The average Bonchev–Trinajstić information content (AvgIpc) is 2.51. The molecule has 0 spiro atoms. The maximum Gasteiger partial charge on any atom is 0.238 e. The average molecular weight is 347 g/mol. The van der Waals surface area contributed by atoms with Gasteiger partial charge in [-0.1, -0.05) is 29.8 Å². The molecule has 0 aromatic heterocycles. The number of likely N-dealkylation sites (N-methyl/N-ethyl adjacent to an activating group) is 1. The van der Waals surface area contributed by atoms with E-state index in [2.05, 4.69) is 5.32 Å². The Labute approximate surface area is 148 Å². The smallest absolute Gasteiger partial charge is 0.238 e. The van der Waals surface area contributed by atoms with Crippen molar-refractivity contribution in [2.45, 2.75) is 20.4 Å². The highest BCUT2D eigenvalue weighted by atomic mass is 35.5. The largest absolute Gasteiger partial charge is 0.497 e. The molecule has 1 amide bonds. The lowest BCUT2D eigenvalue weighted by Gasteiger charge is -2.18. The number of carbonyl (C=O) groups is 1. The van der Waals surface area contributed by atoms with E-state index in [4.69, 9.17) is 16.3 Å². The zero-order chi connectivity index (χ0) is 17.7. The first-order valence-electron chi connectivity index (χ1n) is 7.77. The number of rotatable bonds is 6. The van der Waals surface area contributed by atoms with Gasteiger partial charge in [-0.15, -0.1) is 0 Å². The molecule has 0 atom stereocenters. The third kappa shape index (κ3) is 4.98. The van der Waals surface area contributed by atoms with E-state index in [-0.39, 0.29) is 12.5 Å². The van der Waals surface area contributed by atoms with Gasteiger partial charge in [-0.3, -0.25) is 9.69 Å². The predicted octanol–water partition coefficient (Wildman–Crippen LogP) is 4.04. The summed E-state index contributed by atoms with van der Waals surface area (Å²) >= 11 is 6.23. The van der Waals surface area contributed by atoms with E-state index in [1.807, 2.05) is 62.2 Å². The van der Waals surface area contributed by atoms with Crippen LogP contribution in [0.25, 0.3) is 0 Å². The van der Waals surface area contributed by atoms with Crippen LogP contribution in [0.1, 0.15) is 16.7 Å². The zero-order valence-electron chi connectivity index (χ0n) is 14.5. The van der Waals surface area contributed by atoms with Crippen LogP contribution in [-0.2, 0) is 11.3 Å². The van der Waals surface area contributed by atoms with Crippen LogP contribution in [0.3, 0.4) is 0 Å². The number of ether oxygens (including phenoxy) is 1. The Kier molecular flexibility index (Phi) is 6.23. The summed E-state index contributed by atoms with van der Waals surface area (Å²) in [7, 11) is 3.55. The minimum absolute atomic E-state index is 0.0835. The summed E-state index contributed by atoms with van der Waals surface area (Å²) in [4.78, 5) is 14.2. The van der Waals surface area contributed by atoms with Crippen molar-refractivity contribution in [3.63, 3.8) is 0 Å². The van der Waals surface area contributed by atoms with Crippen molar-refractivity contribution >= 4 is 23.2 Å². The Bertz CT molecular complexity index is 691. The monoisotopic (exact) mass is 346 g/mol. The molecule has 5 heteroatoms. The number of aryl methyl sites for hydroxylation is 2. The second-order valence-corrected chi connectivity index (χ2v) is 6.41. The van der Waals surface area contributed by atoms with E-state index in [1.165, 1.54) is 0 Å². The first kappa shape index (κ1) is 18.3. The molecule has 0 radical (unpaired) electrons. The van der Waals surface area contributed by atoms with Crippen LogP contribution in [0.5, 0.6) is 5.75 Å². The molecule has 0 heterocycles. The molecule has 0 bridgehead atoms. The second kappa shape index (κ2) is 8.18. The van der Waals surface area contributed by atoms with Crippen LogP contribution >= 0.6 is 11.6 Å². The minimum Gasteiger partial charge on any atom is -0.497 e. The molecule has 0 saturated carbocycles. The quantitative estimate of drug-likeness (QED) is 0.858. The summed E-state index contributed by atoms with van der Waals surface area (Å²) in [5.41, 5.74) is 3.85. The molecule has 128 valence electrons. The zero-order valence-corrected chi connectivity index (χ0v) is 15.3. The molecule has 24 heavy (non-hydrogen) atoms. The minimum atomic E-state index is -0.0835. The molecule has 0 fully saturated rings. The van der Waals surface area contributed by atoms with E-state index >= 15 is 0 Å². The van der Waals surface area contributed by atoms with E-state index in [0.29, 0.717) is 17.3 Å². The Morgan fingerprint density at radius 1 is 1.21 bits per heavy atom. The van der Waals surface area contributed by atoms with Crippen molar-refractivity contribution in [1.82, 2.24) is 4.90 Å². The molecule has 1 N–H and O–H groups in total. The van der Waals surface area contributed by atoms with Gasteiger partial charge in [-0.05, 0) is 55.8 Å². The number of carbonyl (C=O) groups excluding carboxylic acids is 1. The van der Waals surface area contributed by atoms with Gasteiger partial charge < -0.3 is 10.1 Å². The molecule has 2 aromatic carbocycles. The fourth-order valence-electron chi connectivity index (χ4n) is 2.60. The Balaban J connectivity index is 1.94. The highest BCUT2D eigenvalue weighted by molar-refractivity contribution is 6.34. The first-order chi connectivity index (χ1) is 11.4. The number of nitrogens with one attached hydrogen (secondary N) is 1. The van der Waals surface area contributed by atoms with Crippen molar-refractivity contribution < 1.29 is 9.53 Å². The van der Waals surface area contributed by atoms with Gasteiger partial charge >= 0.3 is 0 Å². The topological polar surface area (TPSA) is 41.6 Å². The fourth-order valence-corrected chi connectivity index (χ4v) is 2.97. The number of hydrogen-bond acceptors (Lipinski definition) is 3. The highest BCUT2D eigenvalue weighted by Gasteiger charge is 2.12. The number of benzene rings is 2. The van der Waals surface area contributed by atoms with Crippen LogP contribution in [0.4, 0.5) is 5.69 Å². The van der Waals surface area contributed by atoms with Crippen molar-refractivity contribution in [3.8, 4) is 5.75 Å². The number of hydrogen-bond donors (Lipinski definition) is 1. The molecule has 2 aromatic rings. The third-order valence-corrected chi connectivity index (χ3v) is 4.02. The maximum absolute atomic E-state index is 12.3.